The van der Waals surface area contributed by atoms with Crippen molar-refractivity contribution in [2.45, 2.75) is 131 Å². The lowest BCUT2D eigenvalue weighted by molar-refractivity contribution is -0.107. The molecule has 0 N–H and O–H groups in total. The van der Waals surface area contributed by atoms with E-state index < -0.39 is 0 Å². The summed E-state index contributed by atoms with van der Waals surface area (Å²) in [6, 6.07) is 0. The second-order valence-corrected chi connectivity index (χ2v) is 13.8. The van der Waals surface area contributed by atoms with Gasteiger partial charge in [0.2, 0.25) is 0 Å². The summed E-state index contributed by atoms with van der Waals surface area (Å²) in [6.07, 6.45) is 24.2. The van der Waals surface area contributed by atoms with E-state index in [0.29, 0.717) is 10.8 Å². The second kappa shape index (κ2) is 10.6. The van der Waals surface area contributed by atoms with Crippen molar-refractivity contribution in [3.05, 3.63) is 11.6 Å². The molecule has 3 fully saturated rings. The lowest BCUT2D eigenvalue weighted by Crippen LogP contribution is -2.50. The van der Waals surface area contributed by atoms with Crippen molar-refractivity contribution in [2.75, 3.05) is 0 Å². The summed E-state index contributed by atoms with van der Waals surface area (Å²) in [7, 11) is 0. The molecule has 0 aromatic heterocycles. The van der Waals surface area contributed by atoms with Crippen LogP contribution in [0.25, 0.3) is 0 Å². The lowest BCUT2D eigenvalue weighted by atomic mass is 9.46. The Balaban J connectivity index is 1.40. The van der Waals surface area contributed by atoms with Crippen molar-refractivity contribution < 1.29 is 4.79 Å². The van der Waals surface area contributed by atoms with Crippen molar-refractivity contribution in [3.63, 3.8) is 0 Å². The Labute approximate surface area is 206 Å². The number of carbonyl (C=O) groups excluding carboxylic acids is 1. The fraction of sp³-hybridized carbons (Fsp3) is 0.906. The number of unbranched alkanes of at least 4 members (excludes halogenated alkanes) is 2. The summed E-state index contributed by atoms with van der Waals surface area (Å²) >= 11 is 0. The molecule has 0 heterocycles. The summed E-state index contributed by atoms with van der Waals surface area (Å²) in [6.45, 7) is 12.8. The van der Waals surface area contributed by atoms with Crippen molar-refractivity contribution >= 4 is 6.29 Å². The largest absolute Gasteiger partial charge is 0.303 e. The summed E-state index contributed by atoms with van der Waals surface area (Å²) in [4.78, 5) is 10.6. The van der Waals surface area contributed by atoms with Gasteiger partial charge in [0.05, 0.1) is 0 Å². The number of fused-ring (bicyclic) bond motifs is 5. The SMILES string of the molecule is CC(C)CCC[C@@H](C)[C@H]1CCC2C3CC=C4CC(CCCCC=O)CC[C@]4(C)C3CC[C@@]21C. The smallest absolute Gasteiger partial charge is 0.119 e. The Bertz CT molecular complexity index is 691. The Morgan fingerprint density at radius 3 is 2.55 bits per heavy atom. The Morgan fingerprint density at radius 2 is 1.79 bits per heavy atom. The zero-order valence-electron chi connectivity index (χ0n) is 22.7. The van der Waals surface area contributed by atoms with Crippen LogP contribution in [0, 0.1) is 52.3 Å². The minimum atomic E-state index is 0.491. The molecular weight excluding hydrogens is 400 g/mol. The van der Waals surface area contributed by atoms with Crippen LogP contribution in [0.2, 0.25) is 0 Å². The third-order valence-corrected chi connectivity index (χ3v) is 11.6. The van der Waals surface area contributed by atoms with Gasteiger partial charge >= 0.3 is 0 Å². The highest BCUT2D eigenvalue weighted by Crippen LogP contribution is 2.67. The zero-order valence-corrected chi connectivity index (χ0v) is 22.7. The van der Waals surface area contributed by atoms with Crippen molar-refractivity contribution in [1.29, 1.82) is 0 Å². The van der Waals surface area contributed by atoms with Crippen molar-refractivity contribution in [1.82, 2.24) is 0 Å². The fourth-order valence-corrected chi connectivity index (χ4v) is 9.67. The van der Waals surface area contributed by atoms with Crippen LogP contribution in [0.3, 0.4) is 0 Å². The maximum absolute atomic E-state index is 10.6. The molecule has 0 aliphatic heterocycles. The number of allylic oxidation sites excluding steroid dienone is 2. The van der Waals surface area contributed by atoms with Gasteiger partial charge in [-0.2, -0.15) is 0 Å². The van der Waals surface area contributed by atoms with Crippen LogP contribution >= 0.6 is 0 Å². The molecule has 33 heavy (non-hydrogen) atoms. The van der Waals surface area contributed by atoms with Gasteiger partial charge in [0, 0.05) is 6.42 Å². The Morgan fingerprint density at radius 1 is 0.970 bits per heavy atom. The number of rotatable bonds is 10. The molecule has 0 amide bonds. The summed E-state index contributed by atoms with van der Waals surface area (Å²) < 4.78 is 0. The first kappa shape index (κ1) is 25.5. The van der Waals surface area contributed by atoms with Crippen LogP contribution in [-0.4, -0.2) is 6.29 Å². The minimum Gasteiger partial charge on any atom is -0.303 e. The normalized spacial score (nSPS) is 41.2. The zero-order chi connectivity index (χ0) is 23.6. The van der Waals surface area contributed by atoms with Gasteiger partial charge in [0.25, 0.3) is 0 Å². The monoisotopic (exact) mass is 454 g/mol. The first-order valence-corrected chi connectivity index (χ1v) is 14.9. The second-order valence-electron chi connectivity index (χ2n) is 13.8. The number of hydrogen-bond donors (Lipinski definition) is 0. The van der Waals surface area contributed by atoms with E-state index in [9.17, 15) is 4.79 Å². The van der Waals surface area contributed by atoms with Gasteiger partial charge in [-0.1, -0.05) is 78.4 Å². The van der Waals surface area contributed by atoms with Crippen molar-refractivity contribution in [2.24, 2.45) is 52.3 Å². The lowest BCUT2D eigenvalue weighted by Gasteiger charge is -2.58. The van der Waals surface area contributed by atoms with Gasteiger partial charge in [0.15, 0.2) is 0 Å². The quantitative estimate of drug-likeness (QED) is 0.182. The van der Waals surface area contributed by atoms with E-state index in [0.717, 1.165) is 60.6 Å². The van der Waals surface area contributed by atoms with E-state index in [2.05, 4.69) is 40.7 Å². The number of hydrogen-bond acceptors (Lipinski definition) is 1. The highest BCUT2D eigenvalue weighted by atomic mass is 16.1. The van der Waals surface area contributed by atoms with Crippen LogP contribution in [0.15, 0.2) is 11.6 Å². The van der Waals surface area contributed by atoms with Gasteiger partial charge in [-0.3, -0.25) is 0 Å². The minimum absolute atomic E-state index is 0.491. The summed E-state index contributed by atoms with van der Waals surface area (Å²) in [5, 5.41) is 0. The Hall–Kier alpha value is -0.590. The molecular formula is C32H54O. The van der Waals surface area contributed by atoms with Crippen LogP contribution in [-0.2, 0) is 4.79 Å². The molecule has 4 rings (SSSR count). The first-order chi connectivity index (χ1) is 15.8. The molecule has 0 spiro atoms. The molecule has 4 aliphatic carbocycles. The van der Waals surface area contributed by atoms with Crippen LogP contribution in [0.1, 0.15) is 131 Å². The van der Waals surface area contributed by atoms with Gasteiger partial charge in [-0.15, -0.1) is 0 Å². The molecule has 4 aliphatic rings. The van der Waals surface area contributed by atoms with E-state index in [-0.39, 0.29) is 0 Å². The molecule has 4 unspecified atom stereocenters. The maximum Gasteiger partial charge on any atom is 0.119 e. The molecule has 0 radical (unpaired) electrons. The molecule has 188 valence electrons. The third-order valence-electron chi connectivity index (χ3n) is 11.6. The van der Waals surface area contributed by atoms with Crippen LogP contribution < -0.4 is 0 Å². The number of aldehydes is 1. The van der Waals surface area contributed by atoms with Crippen LogP contribution in [0.5, 0.6) is 0 Å². The molecule has 0 bridgehead atoms. The fourth-order valence-electron chi connectivity index (χ4n) is 9.67. The maximum atomic E-state index is 10.6. The van der Waals surface area contributed by atoms with E-state index in [1.807, 2.05) is 5.57 Å². The predicted molar refractivity (Wildman–Crippen MR) is 141 cm³/mol. The third kappa shape index (κ3) is 5.04. The Kier molecular flexibility index (Phi) is 8.17. The van der Waals surface area contributed by atoms with Crippen LogP contribution in [0.4, 0.5) is 0 Å². The van der Waals surface area contributed by atoms with E-state index >= 15 is 0 Å². The van der Waals surface area contributed by atoms with Gasteiger partial charge < -0.3 is 4.79 Å². The topological polar surface area (TPSA) is 17.1 Å². The molecule has 3 saturated carbocycles. The molecule has 0 aromatic carbocycles. The standard InChI is InChI=1S/C32H54O/c1-23(2)10-9-11-24(3)28-15-16-29-27-14-13-26-22-25(12-7-6-8-21-33)17-19-31(26,4)30(27)18-20-32(28,29)5/h13,21,23-25,27-30H,6-12,14-20,22H2,1-5H3/t24-,25?,27?,28-,29?,30?,31+,32-/m1/s1. The predicted octanol–water partition coefficient (Wildman–Crippen LogP) is 9.40. The number of carbonyl (C=O) groups is 1. The molecule has 0 saturated heterocycles. The van der Waals surface area contributed by atoms with E-state index in [1.54, 1.807) is 0 Å². The average molecular weight is 455 g/mol. The first-order valence-electron chi connectivity index (χ1n) is 14.9. The summed E-state index contributed by atoms with van der Waals surface area (Å²) in [5.74, 6) is 6.49. The molecule has 1 heteroatoms. The van der Waals surface area contributed by atoms with E-state index in [1.165, 1.54) is 83.5 Å². The van der Waals surface area contributed by atoms with Gasteiger partial charge in [0.1, 0.15) is 6.29 Å². The van der Waals surface area contributed by atoms with E-state index in [4.69, 9.17) is 0 Å². The van der Waals surface area contributed by atoms with Gasteiger partial charge in [-0.25, -0.2) is 0 Å². The highest BCUT2D eigenvalue weighted by Gasteiger charge is 2.59. The molecule has 1 nitrogen and oxygen atoms in total. The van der Waals surface area contributed by atoms with Gasteiger partial charge in [-0.05, 0) is 110 Å². The van der Waals surface area contributed by atoms with Crippen molar-refractivity contribution in [3.8, 4) is 0 Å². The highest BCUT2D eigenvalue weighted by molar-refractivity contribution is 5.48. The molecule has 8 atom stereocenters. The molecule has 0 aromatic rings. The average Bonchev–Trinajstić information content (AvgIpc) is 3.14. The summed E-state index contributed by atoms with van der Waals surface area (Å²) in [5.41, 5.74) is 2.94.